The number of hydrogen-bond acceptors (Lipinski definition) is 3. The molecule has 5 heteroatoms. The van der Waals surface area contributed by atoms with Gasteiger partial charge in [0.15, 0.2) is 4.80 Å². The van der Waals surface area contributed by atoms with Crippen LogP contribution in [0.1, 0.15) is 28.2 Å². The fraction of sp³-hybridized carbons (Fsp3) is 0.154. The van der Waals surface area contributed by atoms with Gasteiger partial charge < -0.3 is 9.30 Å². The molecule has 1 aliphatic heterocycles. The highest BCUT2D eigenvalue weighted by molar-refractivity contribution is 7.16. The molecule has 5 rings (SSSR count). The molecule has 0 atom stereocenters. The first kappa shape index (κ1) is 19.3. The smallest absolute Gasteiger partial charge is 0.260 e. The first-order valence-electron chi connectivity index (χ1n) is 10.0. The molecule has 4 nitrogen and oxygen atoms in total. The van der Waals surface area contributed by atoms with Crippen LogP contribution in [0.15, 0.2) is 65.7 Å². The molecule has 1 aliphatic rings. The average molecular weight is 425 g/mol. The lowest BCUT2D eigenvalue weighted by Gasteiger charge is -2.25. The molecule has 1 aromatic heterocycles. The van der Waals surface area contributed by atoms with Gasteiger partial charge in [-0.2, -0.15) is 4.99 Å². The number of fused-ring (bicyclic) bond motifs is 3. The Kier molecular flexibility index (Phi) is 4.72. The summed E-state index contributed by atoms with van der Waals surface area (Å²) < 4.78 is 9.03. The first-order valence-corrected chi connectivity index (χ1v) is 10.9. The third-order valence-corrected chi connectivity index (χ3v) is 6.72. The topological polar surface area (TPSA) is 43.6 Å². The lowest BCUT2D eigenvalue weighted by Crippen LogP contribution is -2.22. The molecule has 1 amide bonds. The van der Waals surface area contributed by atoms with Crippen LogP contribution in [-0.4, -0.2) is 10.5 Å². The molecule has 0 saturated heterocycles. The van der Waals surface area contributed by atoms with Crippen LogP contribution in [0.4, 0.5) is 0 Å². The quantitative estimate of drug-likeness (QED) is 0.409. The predicted molar refractivity (Wildman–Crippen MR) is 123 cm³/mol. The molecule has 3 aromatic carbocycles. The van der Waals surface area contributed by atoms with E-state index in [0.29, 0.717) is 22.8 Å². The lowest BCUT2D eigenvalue weighted by atomic mass is 9.87. The number of carbonyl (C=O) groups is 1. The highest BCUT2D eigenvalue weighted by atomic mass is 32.1. The molecule has 0 unspecified atom stereocenters. The molecule has 31 heavy (non-hydrogen) atoms. The molecule has 2 heterocycles. The van der Waals surface area contributed by atoms with Crippen molar-refractivity contribution in [1.82, 2.24) is 4.57 Å². The van der Waals surface area contributed by atoms with E-state index >= 15 is 0 Å². The summed E-state index contributed by atoms with van der Waals surface area (Å²) in [6, 6.07) is 19.5. The number of aromatic nitrogens is 1. The maximum Gasteiger partial charge on any atom is 0.260 e. The van der Waals surface area contributed by atoms with E-state index < -0.39 is 5.92 Å². The summed E-state index contributed by atoms with van der Waals surface area (Å²) in [5.41, 5.74) is 5.04. The second-order valence-corrected chi connectivity index (χ2v) is 8.65. The van der Waals surface area contributed by atoms with E-state index in [1.807, 2.05) is 53.1 Å². The van der Waals surface area contributed by atoms with Gasteiger partial charge in [-0.1, -0.05) is 53.7 Å². The summed E-state index contributed by atoms with van der Waals surface area (Å²) in [6.07, 6.45) is 5.64. The predicted octanol–water partition coefficient (Wildman–Crippen LogP) is 5.32. The minimum absolute atomic E-state index is 0.228. The summed E-state index contributed by atoms with van der Waals surface area (Å²) in [5, 5.41) is 0. The maximum atomic E-state index is 13.6. The molecular formula is C26H20N2O2S. The molecular weight excluding hydrogens is 404 g/mol. The van der Waals surface area contributed by atoms with E-state index in [1.165, 1.54) is 22.5 Å². The normalized spacial score (nSPS) is 13.4. The van der Waals surface area contributed by atoms with Crippen LogP contribution in [-0.2, 0) is 11.3 Å². The van der Waals surface area contributed by atoms with Gasteiger partial charge in [0, 0.05) is 11.1 Å². The third kappa shape index (κ3) is 3.26. The Morgan fingerprint density at radius 1 is 1.06 bits per heavy atom. The van der Waals surface area contributed by atoms with Gasteiger partial charge >= 0.3 is 0 Å². The molecule has 152 valence electrons. The summed E-state index contributed by atoms with van der Waals surface area (Å²) >= 11 is 1.49. The van der Waals surface area contributed by atoms with Gasteiger partial charge in [-0.25, -0.2) is 0 Å². The van der Waals surface area contributed by atoms with E-state index in [4.69, 9.17) is 11.2 Å². The van der Waals surface area contributed by atoms with Crippen molar-refractivity contribution < 1.29 is 9.53 Å². The number of ether oxygens (including phenoxy) is 1. The minimum atomic E-state index is -0.519. The zero-order valence-electron chi connectivity index (χ0n) is 17.3. The standard InChI is InChI=1S/C26H20N2O2S/c1-4-13-28-20-14-16(2)17(3)15-23(20)31-26(28)27-25(29)24-18-9-5-7-11-21(18)30-22-12-8-6-10-19(22)24/h1,5-12,14-15,24H,13H2,2-3H3. The molecule has 0 spiro atoms. The van der Waals surface area contributed by atoms with Crippen LogP contribution in [0, 0.1) is 26.2 Å². The Morgan fingerprint density at radius 3 is 2.32 bits per heavy atom. The number of benzene rings is 3. The van der Waals surface area contributed by atoms with Crippen molar-refractivity contribution >= 4 is 27.5 Å². The highest BCUT2D eigenvalue weighted by Crippen LogP contribution is 2.44. The molecule has 0 fully saturated rings. The van der Waals surface area contributed by atoms with Crippen molar-refractivity contribution in [1.29, 1.82) is 0 Å². The number of hydrogen-bond donors (Lipinski definition) is 0. The first-order chi connectivity index (χ1) is 15.1. The van der Waals surface area contributed by atoms with E-state index in [2.05, 4.69) is 36.9 Å². The molecule has 0 aliphatic carbocycles. The van der Waals surface area contributed by atoms with Crippen LogP contribution in [0.25, 0.3) is 10.2 Å². The fourth-order valence-electron chi connectivity index (χ4n) is 3.99. The zero-order chi connectivity index (χ0) is 21.5. The van der Waals surface area contributed by atoms with Gasteiger partial charge in [0.2, 0.25) is 0 Å². The summed E-state index contributed by atoms with van der Waals surface area (Å²) in [5.74, 6) is 3.33. The Hall–Kier alpha value is -3.62. The van der Waals surface area contributed by atoms with Crippen molar-refractivity contribution in [2.75, 3.05) is 0 Å². The van der Waals surface area contributed by atoms with Crippen molar-refractivity contribution in [2.45, 2.75) is 26.3 Å². The number of carbonyl (C=O) groups excluding carboxylic acids is 1. The summed E-state index contributed by atoms with van der Waals surface area (Å²) in [6.45, 7) is 4.51. The van der Waals surface area contributed by atoms with Crippen molar-refractivity contribution in [3.63, 3.8) is 0 Å². The monoisotopic (exact) mass is 424 g/mol. The Bertz CT molecular complexity index is 1410. The Balaban J connectivity index is 1.70. The van der Waals surface area contributed by atoms with E-state index in [9.17, 15) is 4.79 Å². The van der Waals surface area contributed by atoms with E-state index in [0.717, 1.165) is 21.3 Å². The molecule has 0 bridgehead atoms. The molecule has 0 N–H and O–H groups in total. The molecule has 0 saturated carbocycles. The zero-order valence-corrected chi connectivity index (χ0v) is 18.1. The van der Waals surface area contributed by atoms with Crippen molar-refractivity contribution in [3.8, 4) is 23.8 Å². The van der Waals surface area contributed by atoms with Gasteiger partial charge in [-0.3, -0.25) is 4.79 Å². The number of thiazole rings is 1. The molecule has 0 radical (unpaired) electrons. The average Bonchev–Trinajstić information content (AvgIpc) is 3.08. The van der Waals surface area contributed by atoms with Crippen LogP contribution in [0.5, 0.6) is 11.5 Å². The van der Waals surface area contributed by atoms with E-state index in [-0.39, 0.29) is 5.91 Å². The number of aryl methyl sites for hydroxylation is 2. The van der Waals surface area contributed by atoms with Gasteiger partial charge in [-0.15, -0.1) is 6.42 Å². The second kappa shape index (κ2) is 7.57. The number of amides is 1. The third-order valence-electron chi connectivity index (χ3n) is 5.68. The number of para-hydroxylation sites is 2. The van der Waals surface area contributed by atoms with Crippen molar-refractivity contribution in [3.05, 3.63) is 87.7 Å². The Labute approximate surface area is 184 Å². The summed E-state index contributed by atoms with van der Waals surface area (Å²) in [4.78, 5) is 18.8. The fourth-order valence-corrected chi connectivity index (χ4v) is 5.10. The number of terminal acetylenes is 1. The maximum absolute atomic E-state index is 13.6. The van der Waals surface area contributed by atoms with Crippen LogP contribution >= 0.6 is 11.3 Å². The van der Waals surface area contributed by atoms with Crippen LogP contribution < -0.4 is 9.54 Å². The Morgan fingerprint density at radius 2 is 1.68 bits per heavy atom. The van der Waals surface area contributed by atoms with Gasteiger partial charge in [0.1, 0.15) is 11.5 Å². The minimum Gasteiger partial charge on any atom is -0.457 e. The van der Waals surface area contributed by atoms with Gasteiger partial charge in [0.05, 0.1) is 22.7 Å². The molecule has 4 aromatic rings. The van der Waals surface area contributed by atoms with Gasteiger partial charge in [-0.05, 0) is 49.2 Å². The van der Waals surface area contributed by atoms with E-state index in [1.54, 1.807) is 0 Å². The largest absolute Gasteiger partial charge is 0.457 e. The second-order valence-electron chi connectivity index (χ2n) is 7.64. The lowest BCUT2D eigenvalue weighted by molar-refractivity contribution is -0.118. The van der Waals surface area contributed by atoms with Gasteiger partial charge in [0.25, 0.3) is 5.91 Å². The SMILES string of the molecule is C#CCn1c(=NC(=O)C2c3ccccc3Oc3ccccc32)sc2cc(C)c(C)cc21. The highest BCUT2D eigenvalue weighted by Gasteiger charge is 2.32. The summed E-state index contributed by atoms with van der Waals surface area (Å²) in [7, 11) is 0. The van der Waals surface area contributed by atoms with Crippen molar-refractivity contribution in [2.24, 2.45) is 4.99 Å². The van der Waals surface area contributed by atoms with Crippen LogP contribution in [0.2, 0.25) is 0 Å². The van der Waals surface area contributed by atoms with Crippen LogP contribution in [0.3, 0.4) is 0 Å². The number of nitrogens with zero attached hydrogens (tertiary/aromatic N) is 2. The number of rotatable bonds is 2.